The molecule has 2 amide bonds. The van der Waals surface area contributed by atoms with E-state index < -0.39 is 5.97 Å². The minimum Gasteiger partial charge on any atom is -0.427 e. The van der Waals surface area contributed by atoms with E-state index in [1.54, 1.807) is 18.2 Å². The van der Waals surface area contributed by atoms with Gasteiger partial charge in [-0.1, -0.05) is 48.0 Å². The number of hydrogen-bond acceptors (Lipinski definition) is 4. The zero-order valence-electron chi connectivity index (χ0n) is 18.2. The van der Waals surface area contributed by atoms with E-state index in [1.807, 2.05) is 49.4 Å². The molecule has 0 fully saturated rings. The zero-order valence-corrected chi connectivity index (χ0v) is 18.2. The highest BCUT2D eigenvalue weighted by Gasteiger charge is 2.08. The van der Waals surface area contributed by atoms with E-state index in [0.717, 1.165) is 11.1 Å². The Morgan fingerprint density at radius 3 is 2.34 bits per heavy atom. The summed E-state index contributed by atoms with van der Waals surface area (Å²) in [6.07, 6.45) is 1.10. The lowest BCUT2D eigenvalue weighted by Crippen LogP contribution is -2.22. The van der Waals surface area contributed by atoms with Crippen molar-refractivity contribution in [3.8, 4) is 5.75 Å². The third kappa shape index (κ3) is 7.09. The number of hydrogen-bond donors (Lipinski definition) is 2. The first-order chi connectivity index (χ1) is 15.4. The van der Waals surface area contributed by atoms with Gasteiger partial charge in [-0.15, -0.1) is 0 Å². The summed E-state index contributed by atoms with van der Waals surface area (Å²) < 4.78 is 5.01. The predicted molar refractivity (Wildman–Crippen MR) is 123 cm³/mol. The van der Waals surface area contributed by atoms with Gasteiger partial charge in [0.05, 0.1) is 0 Å². The molecule has 6 heteroatoms. The summed E-state index contributed by atoms with van der Waals surface area (Å²) in [7, 11) is 0. The maximum absolute atomic E-state index is 12.4. The molecule has 0 aromatic heterocycles. The molecule has 3 aromatic rings. The number of carbonyl (C=O) groups is 3. The maximum Gasteiger partial charge on any atom is 0.308 e. The van der Waals surface area contributed by atoms with Crippen molar-refractivity contribution in [1.82, 2.24) is 5.32 Å². The van der Waals surface area contributed by atoms with Gasteiger partial charge in [0.2, 0.25) is 5.91 Å². The van der Waals surface area contributed by atoms with Crippen LogP contribution in [0.2, 0.25) is 0 Å². The van der Waals surface area contributed by atoms with Crippen LogP contribution in [0.5, 0.6) is 5.75 Å². The molecule has 0 unspecified atom stereocenters. The molecule has 0 bridgehead atoms. The first-order valence-corrected chi connectivity index (χ1v) is 10.4. The van der Waals surface area contributed by atoms with Gasteiger partial charge < -0.3 is 15.4 Å². The number of esters is 1. The van der Waals surface area contributed by atoms with Gasteiger partial charge in [-0.2, -0.15) is 0 Å². The van der Waals surface area contributed by atoms with E-state index in [-0.39, 0.29) is 11.8 Å². The molecule has 0 aliphatic carbocycles. The summed E-state index contributed by atoms with van der Waals surface area (Å²) in [6.45, 7) is 3.68. The van der Waals surface area contributed by atoms with Crippen molar-refractivity contribution < 1.29 is 19.1 Å². The summed E-state index contributed by atoms with van der Waals surface area (Å²) in [4.78, 5) is 35.7. The summed E-state index contributed by atoms with van der Waals surface area (Å²) >= 11 is 0. The molecule has 0 saturated heterocycles. The molecule has 0 radical (unpaired) electrons. The SMILES string of the molecule is CC(=O)Oc1cccc(C(=O)NCc2ccc(NC(=O)CCc3cccc(C)c3)cc2)c1. The van der Waals surface area contributed by atoms with E-state index in [0.29, 0.717) is 36.4 Å². The molecule has 0 aliphatic heterocycles. The fourth-order valence-electron chi connectivity index (χ4n) is 3.21. The topological polar surface area (TPSA) is 84.5 Å². The first-order valence-electron chi connectivity index (χ1n) is 10.4. The van der Waals surface area contributed by atoms with E-state index in [2.05, 4.69) is 16.7 Å². The van der Waals surface area contributed by atoms with E-state index in [9.17, 15) is 14.4 Å². The lowest BCUT2D eigenvalue weighted by molar-refractivity contribution is -0.131. The van der Waals surface area contributed by atoms with Crippen molar-refractivity contribution >= 4 is 23.5 Å². The van der Waals surface area contributed by atoms with Crippen LogP contribution in [-0.2, 0) is 22.6 Å². The molecule has 0 saturated carbocycles. The number of benzene rings is 3. The van der Waals surface area contributed by atoms with Crippen LogP contribution in [0.4, 0.5) is 5.69 Å². The van der Waals surface area contributed by atoms with Crippen LogP contribution >= 0.6 is 0 Å². The average molecular weight is 431 g/mol. The molecule has 164 valence electrons. The van der Waals surface area contributed by atoms with E-state index >= 15 is 0 Å². The standard InChI is InChI=1S/C26H26N2O4/c1-18-5-3-6-20(15-18)11-14-25(30)28-23-12-9-21(10-13-23)17-27-26(31)22-7-4-8-24(16-22)32-19(2)29/h3-10,12-13,15-16H,11,14,17H2,1-2H3,(H,27,31)(H,28,30). The van der Waals surface area contributed by atoms with Crippen LogP contribution in [0.15, 0.2) is 72.8 Å². The first kappa shape index (κ1) is 22.7. The highest BCUT2D eigenvalue weighted by molar-refractivity contribution is 5.94. The van der Waals surface area contributed by atoms with Crippen LogP contribution in [0.1, 0.15) is 40.4 Å². The molecule has 0 atom stereocenters. The minimum atomic E-state index is -0.440. The number of nitrogens with one attached hydrogen (secondary N) is 2. The highest BCUT2D eigenvalue weighted by Crippen LogP contribution is 2.15. The fraction of sp³-hybridized carbons (Fsp3) is 0.192. The fourth-order valence-corrected chi connectivity index (χ4v) is 3.21. The monoisotopic (exact) mass is 430 g/mol. The van der Waals surface area contributed by atoms with Gasteiger partial charge in [-0.05, 0) is 54.8 Å². The van der Waals surface area contributed by atoms with Crippen molar-refractivity contribution in [3.05, 3.63) is 95.1 Å². The van der Waals surface area contributed by atoms with Gasteiger partial charge in [0.1, 0.15) is 5.75 Å². The molecular formula is C26H26N2O4. The third-order valence-corrected chi connectivity index (χ3v) is 4.77. The number of anilines is 1. The Morgan fingerprint density at radius 1 is 0.875 bits per heavy atom. The second-order valence-electron chi connectivity index (χ2n) is 7.54. The van der Waals surface area contributed by atoms with Crippen LogP contribution in [0.3, 0.4) is 0 Å². The second-order valence-corrected chi connectivity index (χ2v) is 7.54. The van der Waals surface area contributed by atoms with E-state index in [4.69, 9.17) is 4.74 Å². The Kier molecular flexibility index (Phi) is 7.75. The van der Waals surface area contributed by atoms with Gasteiger partial charge in [0.25, 0.3) is 5.91 Å². The Hall–Kier alpha value is -3.93. The normalized spacial score (nSPS) is 10.3. The molecule has 32 heavy (non-hydrogen) atoms. The Morgan fingerprint density at radius 2 is 1.62 bits per heavy atom. The molecular weight excluding hydrogens is 404 g/mol. The predicted octanol–water partition coefficient (Wildman–Crippen LogP) is 4.42. The van der Waals surface area contributed by atoms with Gasteiger partial charge >= 0.3 is 5.97 Å². The molecule has 3 aromatic carbocycles. The molecule has 0 aliphatic rings. The lowest BCUT2D eigenvalue weighted by atomic mass is 10.1. The Labute approximate surface area is 187 Å². The van der Waals surface area contributed by atoms with Gasteiger partial charge in [-0.3, -0.25) is 14.4 Å². The number of amides is 2. The maximum atomic E-state index is 12.4. The minimum absolute atomic E-state index is 0.0415. The summed E-state index contributed by atoms with van der Waals surface area (Å²) in [6, 6.07) is 21.9. The summed E-state index contributed by atoms with van der Waals surface area (Å²) in [5.41, 5.74) is 4.34. The molecule has 2 N–H and O–H groups in total. The molecule has 3 rings (SSSR count). The smallest absolute Gasteiger partial charge is 0.308 e. The van der Waals surface area contributed by atoms with E-state index in [1.165, 1.54) is 18.6 Å². The Balaban J connectivity index is 1.47. The lowest BCUT2D eigenvalue weighted by Gasteiger charge is -2.09. The van der Waals surface area contributed by atoms with Crippen molar-refractivity contribution in [2.75, 3.05) is 5.32 Å². The zero-order chi connectivity index (χ0) is 22.9. The summed E-state index contributed by atoms with van der Waals surface area (Å²) in [5, 5.41) is 5.73. The van der Waals surface area contributed by atoms with Crippen molar-refractivity contribution in [2.45, 2.75) is 33.2 Å². The van der Waals surface area contributed by atoms with Crippen molar-refractivity contribution in [1.29, 1.82) is 0 Å². The highest BCUT2D eigenvalue weighted by atomic mass is 16.5. The number of ether oxygens (including phenoxy) is 1. The van der Waals surface area contributed by atoms with Crippen LogP contribution in [0, 0.1) is 6.92 Å². The molecule has 6 nitrogen and oxygen atoms in total. The van der Waals surface area contributed by atoms with Crippen molar-refractivity contribution in [3.63, 3.8) is 0 Å². The quantitative estimate of drug-likeness (QED) is 0.409. The van der Waals surface area contributed by atoms with Gasteiger partial charge in [-0.25, -0.2) is 0 Å². The molecule has 0 spiro atoms. The van der Waals surface area contributed by atoms with Crippen LogP contribution in [0.25, 0.3) is 0 Å². The average Bonchev–Trinajstić information content (AvgIpc) is 2.77. The summed E-state index contributed by atoms with van der Waals surface area (Å²) in [5.74, 6) is -0.426. The van der Waals surface area contributed by atoms with Gasteiger partial charge in [0.15, 0.2) is 0 Å². The largest absolute Gasteiger partial charge is 0.427 e. The number of carbonyl (C=O) groups excluding carboxylic acids is 3. The second kappa shape index (κ2) is 10.9. The molecule has 0 heterocycles. The Bertz CT molecular complexity index is 1110. The van der Waals surface area contributed by atoms with Crippen molar-refractivity contribution in [2.24, 2.45) is 0 Å². The van der Waals surface area contributed by atoms with Crippen LogP contribution in [-0.4, -0.2) is 17.8 Å². The number of rotatable bonds is 8. The third-order valence-electron chi connectivity index (χ3n) is 4.77. The number of aryl methyl sites for hydroxylation is 2. The van der Waals surface area contributed by atoms with Crippen LogP contribution < -0.4 is 15.4 Å². The van der Waals surface area contributed by atoms with Gasteiger partial charge in [0, 0.05) is 31.1 Å².